The molecule has 2 aromatic heterocycles. The van der Waals surface area contributed by atoms with Gasteiger partial charge in [-0.1, -0.05) is 0 Å². The van der Waals surface area contributed by atoms with E-state index >= 15 is 0 Å². The molecule has 8 heteroatoms. The minimum atomic E-state index is 0. The van der Waals surface area contributed by atoms with Crippen molar-refractivity contribution >= 4 is 29.9 Å². The molecule has 0 radical (unpaired) electrons. The Kier molecular flexibility index (Phi) is 7.36. The Bertz CT molecular complexity index is 602. The Labute approximate surface area is 148 Å². The number of hydrogen-bond donors (Lipinski definition) is 1. The Morgan fingerprint density at radius 2 is 2.23 bits per heavy atom. The van der Waals surface area contributed by atoms with Gasteiger partial charge in [0.25, 0.3) is 0 Å². The molecule has 0 bridgehead atoms. The predicted octanol–water partition coefficient (Wildman–Crippen LogP) is 1.46. The highest BCUT2D eigenvalue weighted by molar-refractivity contribution is 14.0. The van der Waals surface area contributed by atoms with Gasteiger partial charge in [-0.2, -0.15) is 0 Å². The molecule has 0 saturated heterocycles. The van der Waals surface area contributed by atoms with E-state index in [1.54, 1.807) is 13.4 Å². The molecule has 122 valence electrons. The molecule has 0 unspecified atom stereocenters. The van der Waals surface area contributed by atoms with E-state index in [0.717, 1.165) is 24.9 Å². The number of guanidine groups is 1. The first-order valence-electron chi connectivity index (χ1n) is 7.04. The molecule has 0 fully saturated rings. The Balaban J connectivity index is 0.00000242. The first kappa shape index (κ1) is 18.5. The summed E-state index contributed by atoms with van der Waals surface area (Å²) in [4.78, 5) is 6.40. The third-order valence-electron chi connectivity index (χ3n) is 3.46. The number of aryl methyl sites for hydroxylation is 2. The van der Waals surface area contributed by atoms with Crippen molar-refractivity contribution in [2.75, 3.05) is 14.1 Å². The average molecular weight is 417 g/mol. The van der Waals surface area contributed by atoms with E-state index in [1.165, 1.54) is 5.69 Å². The maximum Gasteiger partial charge on any atom is 0.194 e. The molecule has 2 aromatic rings. The fraction of sp³-hybridized carbons (Fsp3) is 0.500. The summed E-state index contributed by atoms with van der Waals surface area (Å²) < 4.78 is 4.12. The topological polar surface area (TPSA) is 63.3 Å². The van der Waals surface area contributed by atoms with Crippen LogP contribution in [-0.4, -0.2) is 44.3 Å². The molecule has 0 aliphatic carbocycles. The van der Waals surface area contributed by atoms with Crippen LogP contribution in [0.5, 0.6) is 0 Å². The first-order chi connectivity index (χ1) is 10.2. The summed E-state index contributed by atoms with van der Waals surface area (Å²) >= 11 is 0. The second-order valence-corrected chi connectivity index (χ2v) is 4.90. The molecule has 22 heavy (non-hydrogen) atoms. The summed E-state index contributed by atoms with van der Waals surface area (Å²) in [6.07, 6.45) is 3.79. The van der Waals surface area contributed by atoms with E-state index in [9.17, 15) is 0 Å². The summed E-state index contributed by atoms with van der Waals surface area (Å²) in [5, 5.41) is 11.4. The van der Waals surface area contributed by atoms with Crippen molar-refractivity contribution in [3.63, 3.8) is 0 Å². The highest BCUT2D eigenvalue weighted by atomic mass is 127. The van der Waals surface area contributed by atoms with Crippen molar-refractivity contribution in [2.24, 2.45) is 12.0 Å². The minimum absolute atomic E-state index is 0. The van der Waals surface area contributed by atoms with Gasteiger partial charge in [0.1, 0.15) is 6.33 Å². The quantitative estimate of drug-likeness (QED) is 0.455. The lowest BCUT2D eigenvalue weighted by Gasteiger charge is -2.22. The van der Waals surface area contributed by atoms with E-state index in [2.05, 4.69) is 43.0 Å². The maximum atomic E-state index is 4.32. The van der Waals surface area contributed by atoms with E-state index in [1.807, 2.05) is 30.9 Å². The lowest BCUT2D eigenvalue weighted by atomic mass is 10.4. The van der Waals surface area contributed by atoms with Gasteiger partial charge < -0.3 is 19.4 Å². The van der Waals surface area contributed by atoms with Crippen molar-refractivity contribution in [3.05, 3.63) is 36.2 Å². The van der Waals surface area contributed by atoms with Crippen LogP contribution >= 0.6 is 24.0 Å². The summed E-state index contributed by atoms with van der Waals surface area (Å²) in [6.45, 7) is 4.34. The zero-order valence-corrected chi connectivity index (χ0v) is 15.9. The largest absolute Gasteiger partial charge is 0.353 e. The van der Waals surface area contributed by atoms with Crippen LogP contribution in [0.1, 0.15) is 18.4 Å². The van der Waals surface area contributed by atoms with Crippen molar-refractivity contribution in [1.29, 1.82) is 0 Å². The lowest BCUT2D eigenvalue weighted by Crippen LogP contribution is -2.38. The van der Waals surface area contributed by atoms with Crippen LogP contribution < -0.4 is 5.32 Å². The fourth-order valence-corrected chi connectivity index (χ4v) is 2.20. The van der Waals surface area contributed by atoms with Crippen molar-refractivity contribution in [2.45, 2.75) is 26.6 Å². The molecule has 0 aliphatic rings. The second-order valence-electron chi connectivity index (χ2n) is 4.90. The number of halogens is 1. The number of hydrogen-bond acceptors (Lipinski definition) is 3. The zero-order valence-electron chi connectivity index (χ0n) is 13.5. The summed E-state index contributed by atoms with van der Waals surface area (Å²) in [6, 6.07) is 4.15. The van der Waals surface area contributed by atoms with Gasteiger partial charge in [0.05, 0.1) is 13.1 Å². The smallest absolute Gasteiger partial charge is 0.194 e. The molecule has 2 heterocycles. The molecule has 0 aromatic carbocycles. The molecule has 0 saturated carbocycles. The van der Waals surface area contributed by atoms with E-state index in [4.69, 9.17) is 0 Å². The SMILES string of the molecule is CCn1cnnc1CNC(=NC)N(C)Cc1cccn1C.I. The molecule has 1 N–H and O–H groups in total. The molecule has 0 aliphatic heterocycles. The summed E-state index contributed by atoms with van der Waals surface area (Å²) in [5.41, 5.74) is 1.23. The van der Waals surface area contributed by atoms with Gasteiger partial charge in [-0.3, -0.25) is 4.99 Å². The fourth-order valence-electron chi connectivity index (χ4n) is 2.20. The molecule has 2 rings (SSSR count). The molecule has 0 amide bonds. The highest BCUT2D eigenvalue weighted by Crippen LogP contribution is 2.04. The lowest BCUT2D eigenvalue weighted by molar-refractivity contribution is 0.459. The number of rotatable bonds is 5. The van der Waals surface area contributed by atoms with Gasteiger partial charge in [-0.15, -0.1) is 34.2 Å². The van der Waals surface area contributed by atoms with Crippen LogP contribution in [-0.2, 0) is 26.7 Å². The minimum Gasteiger partial charge on any atom is -0.353 e. The number of aliphatic imine (C=N–C) groups is 1. The first-order valence-corrected chi connectivity index (χ1v) is 7.04. The van der Waals surface area contributed by atoms with E-state index in [0.29, 0.717) is 6.54 Å². The summed E-state index contributed by atoms with van der Waals surface area (Å²) in [5.74, 6) is 1.74. The molecule has 0 spiro atoms. The van der Waals surface area contributed by atoms with Crippen molar-refractivity contribution in [1.82, 2.24) is 29.5 Å². The van der Waals surface area contributed by atoms with Crippen molar-refractivity contribution < 1.29 is 0 Å². The second kappa shape index (κ2) is 8.76. The van der Waals surface area contributed by atoms with Crippen LogP contribution in [0.25, 0.3) is 0 Å². The van der Waals surface area contributed by atoms with Gasteiger partial charge in [0.2, 0.25) is 0 Å². The number of aromatic nitrogens is 4. The Hall–Kier alpha value is -1.58. The van der Waals surface area contributed by atoms with Gasteiger partial charge in [-0.05, 0) is 19.1 Å². The third kappa shape index (κ3) is 4.46. The maximum absolute atomic E-state index is 4.32. The standard InChI is InChI=1S/C14H23N7.HI/c1-5-21-11-17-18-13(21)9-16-14(15-2)20(4)10-12-7-6-8-19(12)3;/h6-8,11H,5,9-10H2,1-4H3,(H,15,16);1H. The predicted molar refractivity (Wildman–Crippen MR) is 98.2 cm³/mol. The van der Waals surface area contributed by atoms with Crippen LogP contribution in [0.4, 0.5) is 0 Å². The Morgan fingerprint density at radius 3 is 2.82 bits per heavy atom. The van der Waals surface area contributed by atoms with E-state index < -0.39 is 0 Å². The average Bonchev–Trinajstić information content (AvgIpc) is 3.09. The van der Waals surface area contributed by atoms with Gasteiger partial charge in [-0.25, -0.2) is 0 Å². The van der Waals surface area contributed by atoms with Gasteiger partial charge in [0, 0.05) is 39.6 Å². The van der Waals surface area contributed by atoms with Gasteiger partial charge in [0.15, 0.2) is 11.8 Å². The molecule has 7 nitrogen and oxygen atoms in total. The monoisotopic (exact) mass is 417 g/mol. The van der Waals surface area contributed by atoms with Crippen LogP contribution in [0.3, 0.4) is 0 Å². The zero-order chi connectivity index (χ0) is 15.2. The van der Waals surface area contributed by atoms with E-state index in [-0.39, 0.29) is 24.0 Å². The van der Waals surface area contributed by atoms with Crippen LogP contribution in [0.2, 0.25) is 0 Å². The Morgan fingerprint density at radius 1 is 1.45 bits per heavy atom. The normalized spacial score (nSPS) is 11.2. The molecule has 0 atom stereocenters. The third-order valence-corrected chi connectivity index (χ3v) is 3.46. The molecular weight excluding hydrogens is 393 g/mol. The summed E-state index contributed by atoms with van der Waals surface area (Å²) in [7, 11) is 5.85. The number of nitrogens with one attached hydrogen (secondary N) is 1. The molecular formula is C14H24IN7. The van der Waals surface area contributed by atoms with Crippen LogP contribution in [0.15, 0.2) is 29.6 Å². The number of nitrogens with zero attached hydrogens (tertiary/aromatic N) is 6. The van der Waals surface area contributed by atoms with Crippen LogP contribution in [0, 0.1) is 0 Å². The van der Waals surface area contributed by atoms with Gasteiger partial charge >= 0.3 is 0 Å². The van der Waals surface area contributed by atoms with Crippen molar-refractivity contribution in [3.8, 4) is 0 Å². The highest BCUT2D eigenvalue weighted by Gasteiger charge is 2.10.